The third-order valence-corrected chi connectivity index (χ3v) is 6.87. The Kier molecular flexibility index (Phi) is 5.50. The monoisotopic (exact) mass is 325 g/mol. The van der Waals surface area contributed by atoms with Crippen LogP contribution in [0, 0.1) is 5.92 Å². The normalized spacial score (nSPS) is 39.4. The second-order valence-corrected chi connectivity index (χ2v) is 8.48. The summed E-state index contributed by atoms with van der Waals surface area (Å²) in [6, 6.07) is 0.472. The molecule has 126 valence electrons. The summed E-state index contributed by atoms with van der Waals surface area (Å²) >= 11 is 6.52. The Balaban J connectivity index is 1.75. The summed E-state index contributed by atoms with van der Waals surface area (Å²) in [7, 11) is 0. The van der Waals surface area contributed by atoms with Crippen molar-refractivity contribution in [1.82, 2.24) is 4.90 Å². The second-order valence-electron chi connectivity index (χ2n) is 7.86. The van der Waals surface area contributed by atoms with Gasteiger partial charge in [0.15, 0.2) is 0 Å². The fourth-order valence-corrected chi connectivity index (χ4v) is 5.68. The Morgan fingerprint density at radius 2 is 2.05 bits per heavy atom. The van der Waals surface area contributed by atoms with Crippen molar-refractivity contribution < 1.29 is 4.79 Å². The van der Waals surface area contributed by atoms with Crippen LogP contribution < -0.4 is 0 Å². The molecule has 1 aliphatic carbocycles. The molecule has 0 aromatic heterocycles. The molecule has 0 aromatic rings. The molecule has 3 heteroatoms. The number of halogens is 1. The van der Waals surface area contributed by atoms with Crippen LogP contribution >= 0.6 is 11.6 Å². The maximum absolute atomic E-state index is 12.8. The summed E-state index contributed by atoms with van der Waals surface area (Å²) in [5, 5.41) is 0.291. The molecule has 1 unspecified atom stereocenters. The minimum Gasteiger partial charge on any atom is -0.299 e. The zero-order valence-electron chi connectivity index (χ0n) is 14.2. The molecule has 4 atom stereocenters. The van der Waals surface area contributed by atoms with Gasteiger partial charge in [-0.25, -0.2) is 0 Å². The Bertz CT molecular complexity index is 399. The summed E-state index contributed by atoms with van der Waals surface area (Å²) < 4.78 is 0. The second kappa shape index (κ2) is 7.21. The van der Waals surface area contributed by atoms with E-state index in [0.717, 1.165) is 32.2 Å². The molecule has 3 rings (SSSR count). The highest BCUT2D eigenvalue weighted by molar-refractivity contribution is 6.20. The first-order valence-electron chi connectivity index (χ1n) is 9.61. The Morgan fingerprint density at radius 3 is 2.86 bits per heavy atom. The van der Waals surface area contributed by atoms with Crippen LogP contribution in [0.4, 0.5) is 0 Å². The number of nitrogens with zero attached hydrogens (tertiary/aromatic N) is 1. The van der Waals surface area contributed by atoms with Crippen LogP contribution in [-0.4, -0.2) is 34.2 Å². The van der Waals surface area contributed by atoms with Crippen molar-refractivity contribution >= 4 is 17.4 Å². The van der Waals surface area contributed by atoms with Crippen LogP contribution in [-0.2, 0) is 4.79 Å². The highest BCUT2D eigenvalue weighted by Gasteiger charge is 2.55. The summed E-state index contributed by atoms with van der Waals surface area (Å²) in [6.07, 6.45) is 14.4. The standard InChI is InChI=1S/C19H32ClNO/c1-2-3-4-5-8-16-13-18(22)17-9-6-7-11-19(17)12-10-15(20)14-21(16)19/h15-17H,2-14H2,1H3/t15-,16-,17?,19+/m0/s1. The zero-order valence-corrected chi connectivity index (χ0v) is 14.9. The van der Waals surface area contributed by atoms with Crippen LogP contribution in [0.2, 0.25) is 0 Å². The number of hydrogen-bond donors (Lipinski definition) is 0. The van der Waals surface area contributed by atoms with Crippen molar-refractivity contribution in [2.24, 2.45) is 5.92 Å². The first-order valence-corrected chi connectivity index (χ1v) is 10.0. The lowest BCUT2D eigenvalue weighted by Gasteiger charge is -2.60. The molecule has 1 saturated carbocycles. The van der Waals surface area contributed by atoms with Crippen LogP contribution in [0.3, 0.4) is 0 Å². The number of rotatable bonds is 5. The van der Waals surface area contributed by atoms with Gasteiger partial charge in [-0.3, -0.25) is 9.69 Å². The van der Waals surface area contributed by atoms with Crippen molar-refractivity contribution in [3.8, 4) is 0 Å². The highest BCUT2D eigenvalue weighted by Crippen LogP contribution is 2.50. The van der Waals surface area contributed by atoms with E-state index in [1.54, 1.807) is 0 Å². The molecule has 0 amide bonds. The molecule has 3 fully saturated rings. The van der Waals surface area contributed by atoms with E-state index in [1.807, 2.05) is 0 Å². The van der Waals surface area contributed by atoms with Crippen molar-refractivity contribution in [2.45, 2.75) is 101 Å². The van der Waals surface area contributed by atoms with Gasteiger partial charge in [0.1, 0.15) is 5.78 Å². The molecular weight excluding hydrogens is 294 g/mol. The fourth-order valence-electron chi connectivity index (χ4n) is 5.42. The topological polar surface area (TPSA) is 20.3 Å². The Hall–Kier alpha value is -0.0800. The first kappa shape index (κ1) is 16.8. The van der Waals surface area contributed by atoms with Crippen molar-refractivity contribution in [1.29, 1.82) is 0 Å². The number of alkyl halides is 1. The molecule has 2 aliphatic heterocycles. The third-order valence-electron chi connectivity index (χ3n) is 6.52. The fraction of sp³-hybridized carbons (Fsp3) is 0.947. The smallest absolute Gasteiger partial charge is 0.139 e. The van der Waals surface area contributed by atoms with Gasteiger partial charge in [-0.1, -0.05) is 45.4 Å². The van der Waals surface area contributed by atoms with Crippen LogP contribution in [0.1, 0.15) is 84.0 Å². The van der Waals surface area contributed by atoms with E-state index in [1.165, 1.54) is 51.4 Å². The molecule has 2 heterocycles. The largest absolute Gasteiger partial charge is 0.299 e. The van der Waals surface area contributed by atoms with E-state index >= 15 is 0 Å². The first-order chi connectivity index (χ1) is 10.7. The number of piperidine rings is 2. The number of carbonyl (C=O) groups is 1. The van der Waals surface area contributed by atoms with Crippen molar-refractivity contribution in [3.05, 3.63) is 0 Å². The number of Topliss-reactive ketones (excluding diaryl/α,β-unsaturated/α-hetero) is 1. The van der Waals surface area contributed by atoms with E-state index in [4.69, 9.17) is 11.6 Å². The van der Waals surface area contributed by atoms with Gasteiger partial charge in [-0.15, -0.1) is 11.6 Å². The SMILES string of the molecule is CCCCCC[C@H]1CC(=O)C2CCCC[C@@]23CC[C@H](Cl)CN13. The maximum Gasteiger partial charge on any atom is 0.139 e. The van der Waals surface area contributed by atoms with Gasteiger partial charge < -0.3 is 0 Å². The number of hydrogen-bond acceptors (Lipinski definition) is 2. The molecule has 2 nitrogen and oxygen atoms in total. The van der Waals surface area contributed by atoms with E-state index in [2.05, 4.69) is 11.8 Å². The van der Waals surface area contributed by atoms with Gasteiger partial charge in [0.25, 0.3) is 0 Å². The van der Waals surface area contributed by atoms with Gasteiger partial charge >= 0.3 is 0 Å². The summed E-state index contributed by atoms with van der Waals surface area (Å²) in [6.45, 7) is 3.28. The van der Waals surface area contributed by atoms with Crippen molar-refractivity contribution in [2.75, 3.05) is 6.54 Å². The Morgan fingerprint density at radius 1 is 1.18 bits per heavy atom. The summed E-state index contributed by atoms with van der Waals surface area (Å²) in [5.74, 6) is 0.891. The molecular formula is C19H32ClNO. The molecule has 2 saturated heterocycles. The average Bonchev–Trinajstić information content (AvgIpc) is 2.53. The lowest BCUT2D eigenvalue weighted by Crippen LogP contribution is -2.68. The van der Waals surface area contributed by atoms with Gasteiger partial charge in [-0.05, 0) is 32.1 Å². The minimum absolute atomic E-state index is 0.189. The van der Waals surface area contributed by atoms with Gasteiger partial charge in [-0.2, -0.15) is 0 Å². The molecule has 0 N–H and O–H groups in total. The third kappa shape index (κ3) is 3.11. The molecule has 0 aromatic carbocycles. The Labute approximate surface area is 141 Å². The van der Waals surface area contributed by atoms with E-state index in [0.29, 0.717) is 23.1 Å². The van der Waals surface area contributed by atoms with Gasteiger partial charge in [0.05, 0.1) is 0 Å². The molecule has 1 spiro atoms. The lowest BCUT2D eigenvalue weighted by atomic mass is 9.62. The van der Waals surface area contributed by atoms with Gasteiger partial charge in [0.2, 0.25) is 0 Å². The van der Waals surface area contributed by atoms with E-state index in [9.17, 15) is 4.79 Å². The average molecular weight is 326 g/mol. The van der Waals surface area contributed by atoms with Gasteiger partial charge in [0, 0.05) is 35.8 Å². The predicted molar refractivity (Wildman–Crippen MR) is 92.4 cm³/mol. The minimum atomic E-state index is 0.189. The molecule has 22 heavy (non-hydrogen) atoms. The highest BCUT2D eigenvalue weighted by atomic mass is 35.5. The summed E-state index contributed by atoms with van der Waals surface area (Å²) in [4.78, 5) is 15.5. The molecule has 0 bridgehead atoms. The number of carbonyl (C=O) groups excluding carboxylic acids is 1. The number of unbranched alkanes of at least 4 members (excludes halogenated alkanes) is 3. The maximum atomic E-state index is 12.8. The van der Waals surface area contributed by atoms with Crippen LogP contribution in [0.15, 0.2) is 0 Å². The van der Waals surface area contributed by atoms with E-state index in [-0.39, 0.29) is 5.54 Å². The van der Waals surface area contributed by atoms with Crippen LogP contribution in [0.25, 0.3) is 0 Å². The lowest BCUT2D eigenvalue weighted by molar-refractivity contribution is -0.149. The summed E-state index contributed by atoms with van der Waals surface area (Å²) in [5.41, 5.74) is 0.189. The quantitative estimate of drug-likeness (QED) is 0.527. The molecule has 3 aliphatic rings. The van der Waals surface area contributed by atoms with Crippen LogP contribution in [0.5, 0.6) is 0 Å². The van der Waals surface area contributed by atoms with Crippen molar-refractivity contribution in [3.63, 3.8) is 0 Å². The zero-order chi connectivity index (χ0) is 15.6. The van der Waals surface area contributed by atoms with E-state index < -0.39 is 0 Å². The predicted octanol–water partition coefficient (Wildman–Crippen LogP) is 4.93. The molecule has 0 radical (unpaired) electrons. The number of ketones is 1.